The molecule has 0 bridgehead atoms. The van der Waals surface area contributed by atoms with Gasteiger partial charge in [-0.05, 0) is 55.8 Å². The van der Waals surface area contributed by atoms with E-state index in [0.717, 1.165) is 41.5 Å². The van der Waals surface area contributed by atoms with E-state index in [4.69, 9.17) is 4.74 Å². The van der Waals surface area contributed by atoms with E-state index in [1.54, 1.807) is 7.11 Å². The number of methoxy groups -OCH3 is 1. The molecule has 0 radical (unpaired) electrons. The molecular weight excluding hydrogens is 284 g/mol. The summed E-state index contributed by atoms with van der Waals surface area (Å²) in [4.78, 5) is 18.3. The zero-order chi connectivity index (χ0) is 14.7. The quantitative estimate of drug-likeness (QED) is 0.944. The molecule has 1 fully saturated rings. The van der Waals surface area contributed by atoms with Crippen molar-refractivity contribution in [2.75, 3.05) is 20.2 Å². The van der Waals surface area contributed by atoms with Crippen LogP contribution in [0.15, 0.2) is 29.1 Å². The monoisotopic (exact) mass is 304 g/mol. The molecule has 3 rings (SSSR count). The molecule has 0 amide bonds. The van der Waals surface area contributed by atoms with Gasteiger partial charge in [-0.1, -0.05) is 17.8 Å². The van der Waals surface area contributed by atoms with Crippen LogP contribution in [0.2, 0.25) is 0 Å². The maximum absolute atomic E-state index is 11.8. The number of benzene rings is 1. The summed E-state index contributed by atoms with van der Waals surface area (Å²) in [5.41, 5.74) is 2.00. The van der Waals surface area contributed by atoms with Crippen molar-refractivity contribution in [3.8, 4) is 17.0 Å². The van der Waals surface area contributed by atoms with Crippen LogP contribution in [0.4, 0.5) is 0 Å². The summed E-state index contributed by atoms with van der Waals surface area (Å²) >= 11 is 1.33. The predicted molar refractivity (Wildman–Crippen MR) is 86.1 cm³/mol. The minimum absolute atomic E-state index is 0.0211. The third kappa shape index (κ3) is 3.36. The first-order valence-electron chi connectivity index (χ1n) is 7.35. The summed E-state index contributed by atoms with van der Waals surface area (Å²) in [6.07, 6.45) is 3.85. The molecule has 0 atom stereocenters. The van der Waals surface area contributed by atoms with Crippen LogP contribution in [0.1, 0.15) is 24.1 Å². The molecule has 2 heterocycles. The Morgan fingerprint density at radius 2 is 1.90 bits per heavy atom. The van der Waals surface area contributed by atoms with Crippen molar-refractivity contribution in [1.29, 1.82) is 0 Å². The predicted octanol–water partition coefficient (Wildman–Crippen LogP) is 3.10. The Morgan fingerprint density at radius 3 is 2.57 bits per heavy atom. The highest BCUT2D eigenvalue weighted by atomic mass is 32.1. The standard InChI is InChI=1S/C16H20N2O2S/c1-20-13-7-5-12(6-8-13)15-14(21-16(19)17-15)11-18-9-3-2-4-10-18/h5-8H,2-4,9-11H2,1H3,(H,17,19). The fourth-order valence-electron chi connectivity index (χ4n) is 2.78. The van der Waals surface area contributed by atoms with Crippen LogP contribution in [-0.2, 0) is 6.54 Å². The zero-order valence-corrected chi connectivity index (χ0v) is 13.0. The number of thiazole rings is 1. The van der Waals surface area contributed by atoms with Crippen LogP contribution in [0.3, 0.4) is 0 Å². The SMILES string of the molecule is COc1ccc(-c2[nH]c(=O)sc2CN2CCCCC2)cc1. The van der Waals surface area contributed by atoms with Gasteiger partial charge in [0.2, 0.25) is 0 Å². The van der Waals surface area contributed by atoms with E-state index in [2.05, 4.69) is 9.88 Å². The average molecular weight is 304 g/mol. The van der Waals surface area contributed by atoms with E-state index in [0.29, 0.717) is 0 Å². The smallest absolute Gasteiger partial charge is 0.305 e. The second-order valence-corrected chi connectivity index (χ2v) is 6.45. The van der Waals surface area contributed by atoms with E-state index in [1.807, 2.05) is 24.3 Å². The van der Waals surface area contributed by atoms with Gasteiger partial charge in [0, 0.05) is 11.4 Å². The molecule has 0 saturated carbocycles. The molecule has 1 aromatic carbocycles. The molecule has 1 saturated heterocycles. The molecule has 1 N–H and O–H groups in total. The van der Waals surface area contributed by atoms with Gasteiger partial charge in [0.25, 0.3) is 0 Å². The first-order valence-corrected chi connectivity index (χ1v) is 8.16. The normalized spacial score (nSPS) is 16.0. The van der Waals surface area contributed by atoms with Crippen molar-refractivity contribution in [1.82, 2.24) is 9.88 Å². The van der Waals surface area contributed by atoms with Crippen molar-refractivity contribution in [2.24, 2.45) is 0 Å². The highest BCUT2D eigenvalue weighted by Gasteiger charge is 2.16. The molecule has 1 aromatic heterocycles. The number of likely N-dealkylation sites (tertiary alicyclic amines) is 1. The van der Waals surface area contributed by atoms with Crippen LogP contribution in [-0.4, -0.2) is 30.1 Å². The van der Waals surface area contributed by atoms with E-state index in [9.17, 15) is 4.79 Å². The van der Waals surface area contributed by atoms with Gasteiger partial charge in [-0.25, -0.2) is 0 Å². The minimum Gasteiger partial charge on any atom is -0.497 e. The Labute approximate surface area is 128 Å². The lowest BCUT2D eigenvalue weighted by atomic mass is 10.1. The number of piperidine rings is 1. The number of nitrogens with one attached hydrogen (secondary N) is 1. The second kappa shape index (κ2) is 6.45. The van der Waals surface area contributed by atoms with Gasteiger partial charge in [-0.2, -0.15) is 0 Å². The number of nitrogens with zero attached hydrogens (tertiary/aromatic N) is 1. The number of H-pyrrole nitrogens is 1. The van der Waals surface area contributed by atoms with Gasteiger partial charge in [-0.15, -0.1) is 0 Å². The number of hydrogen-bond donors (Lipinski definition) is 1. The third-order valence-corrected chi connectivity index (χ3v) is 4.78. The lowest BCUT2D eigenvalue weighted by Crippen LogP contribution is -2.28. The molecule has 1 aliphatic rings. The van der Waals surface area contributed by atoms with E-state index in [-0.39, 0.29) is 4.87 Å². The number of rotatable bonds is 4. The molecule has 0 aliphatic carbocycles. The Hall–Kier alpha value is -1.59. The van der Waals surface area contributed by atoms with Crippen LogP contribution in [0, 0.1) is 0 Å². The summed E-state index contributed by atoms with van der Waals surface area (Å²) in [6.45, 7) is 3.13. The topological polar surface area (TPSA) is 45.3 Å². The molecule has 5 heteroatoms. The molecule has 112 valence electrons. The molecule has 0 spiro atoms. The Balaban J connectivity index is 1.85. The van der Waals surface area contributed by atoms with Crippen LogP contribution in [0.5, 0.6) is 5.75 Å². The Kier molecular flexibility index (Phi) is 4.41. The summed E-state index contributed by atoms with van der Waals surface area (Å²) in [7, 11) is 1.66. The lowest BCUT2D eigenvalue weighted by molar-refractivity contribution is 0.223. The van der Waals surface area contributed by atoms with Gasteiger partial charge >= 0.3 is 4.87 Å². The largest absolute Gasteiger partial charge is 0.497 e. The Morgan fingerprint density at radius 1 is 1.19 bits per heavy atom. The number of aromatic nitrogens is 1. The third-order valence-electron chi connectivity index (χ3n) is 3.92. The van der Waals surface area contributed by atoms with Gasteiger partial charge in [-0.3, -0.25) is 9.69 Å². The molecule has 0 unspecified atom stereocenters. The van der Waals surface area contributed by atoms with Crippen molar-refractivity contribution >= 4 is 11.3 Å². The molecular formula is C16H20N2O2S. The fraction of sp³-hybridized carbons (Fsp3) is 0.438. The minimum atomic E-state index is 0.0211. The van der Waals surface area contributed by atoms with Crippen molar-refractivity contribution in [2.45, 2.75) is 25.8 Å². The van der Waals surface area contributed by atoms with Crippen molar-refractivity contribution in [3.05, 3.63) is 38.8 Å². The summed E-state index contributed by atoms with van der Waals surface area (Å²) < 4.78 is 5.18. The highest BCUT2D eigenvalue weighted by molar-refractivity contribution is 7.09. The van der Waals surface area contributed by atoms with Crippen molar-refractivity contribution in [3.63, 3.8) is 0 Å². The number of aromatic amines is 1. The molecule has 2 aromatic rings. The molecule has 21 heavy (non-hydrogen) atoms. The highest BCUT2D eigenvalue weighted by Crippen LogP contribution is 2.27. The van der Waals surface area contributed by atoms with Crippen LogP contribution in [0.25, 0.3) is 11.3 Å². The summed E-state index contributed by atoms with van der Waals surface area (Å²) in [5.74, 6) is 0.828. The number of hydrogen-bond acceptors (Lipinski definition) is 4. The van der Waals surface area contributed by atoms with E-state index in [1.165, 1.54) is 30.6 Å². The number of ether oxygens (including phenoxy) is 1. The first-order chi connectivity index (χ1) is 10.3. The van der Waals surface area contributed by atoms with Crippen molar-refractivity contribution < 1.29 is 4.74 Å². The first kappa shape index (κ1) is 14.4. The fourth-order valence-corrected chi connectivity index (χ4v) is 3.68. The summed E-state index contributed by atoms with van der Waals surface area (Å²) in [5, 5.41) is 0. The van der Waals surface area contributed by atoms with E-state index >= 15 is 0 Å². The van der Waals surface area contributed by atoms with Gasteiger partial charge in [0.1, 0.15) is 5.75 Å². The van der Waals surface area contributed by atoms with Gasteiger partial charge in [0.05, 0.1) is 12.8 Å². The average Bonchev–Trinajstić information content (AvgIpc) is 2.89. The second-order valence-electron chi connectivity index (χ2n) is 5.38. The maximum atomic E-state index is 11.8. The summed E-state index contributed by atoms with van der Waals surface area (Å²) in [6, 6.07) is 7.85. The van der Waals surface area contributed by atoms with Crippen LogP contribution < -0.4 is 9.61 Å². The lowest BCUT2D eigenvalue weighted by Gasteiger charge is -2.26. The molecule has 4 nitrogen and oxygen atoms in total. The maximum Gasteiger partial charge on any atom is 0.305 e. The van der Waals surface area contributed by atoms with Crippen LogP contribution >= 0.6 is 11.3 Å². The Bertz CT molecular complexity index is 639. The van der Waals surface area contributed by atoms with E-state index < -0.39 is 0 Å². The van der Waals surface area contributed by atoms with Gasteiger partial charge < -0.3 is 9.72 Å². The van der Waals surface area contributed by atoms with Gasteiger partial charge in [0.15, 0.2) is 0 Å². The molecule has 1 aliphatic heterocycles. The zero-order valence-electron chi connectivity index (χ0n) is 12.2.